The van der Waals surface area contributed by atoms with Gasteiger partial charge in [0.05, 0.1) is 20.8 Å². The molecule has 0 aliphatic carbocycles. The van der Waals surface area contributed by atoms with Crippen molar-refractivity contribution in [3.8, 4) is 0 Å². The van der Waals surface area contributed by atoms with E-state index in [1.165, 1.54) is 11.3 Å². The first-order chi connectivity index (χ1) is 13.4. The van der Waals surface area contributed by atoms with Crippen molar-refractivity contribution >= 4 is 56.0 Å². The minimum Gasteiger partial charge on any atom is -0.309 e. The lowest BCUT2D eigenvalue weighted by molar-refractivity contribution is 0.0983. The average Bonchev–Trinajstić information content (AvgIpc) is 3.14. The van der Waals surface area contributed by atoms with Crippen molar-refractivity contribution in [3.05, 3.63) is 52.5 Å². The minimum atomic E-state index is -0.0171. The Morgan fingerprint density at radius 2 is 1.93 bits per heavy atom. The van der Waals surface area contributed by atoms with Crippen LogP contribution in [0.5, 0.6) is 0 Å². The van der Waals surface area contributed by atoms with E-state index in [2.05, 4.69) is 4.90 Å². The van der Waals surface area contributed by atoms with E-state index in [1.807, 2.05) is 63.7 Å². The summed E-state index contributed by atoms with van der Waals surface area (Å²) in [5.74, 6) is -0.0171. The summed E-state index contributed by atoms with van der Waals surface area (Å²) in [4.78, 5) is 23.2. The minimum absolute atomic E-state index is 0.0171. The van der Waals surface area contributed by atoms with Gasteiger partial charge in [-0.05, 0) is 64.0 Å². The van der Waals surface area contributed by atoms with Gasteiger partial charge in [0.1, 0.15) is 0 Å². The number of benzene rings is 2. The highest BCUT2D eigenvalue weighted by Gasteiger charge is 2.24. The summed E-state index contributed by atoms with van der Waals surface area (Å²) in [5.41, 5.74) is 2.64. The molecule has 1 amide bonds. The van der Waals surface area contributed by atoms with Gasteiger partial charge in [-0.1, -0.05) is 41.1 Å². The fourth-order valence-corrected chi connectivity index (χ4v) is 4.93. The number of aryl methyl sites for hydroxylation is 1. The SMILES string of the molecule is CSc1ccccc1C(=O)N(CCCN(C)C)c1nc2c(C)ccc(Cl)c2s1. The van der Waals surface area contributed by atoms with Crippen LogP contribution in [0.4, 0.5) is 5.13 Å². The molecular formula is C21H24ClN3OS2. The fourth-order valence-electron chi connectivity index (χ4n) is 3.00. The van der Waals surface area contributed by atoms with Crippen molar-refractivity contribution in [3.63, 3.8) is 0 Å². The molecule has 0 fully saturated rings. The number of nitrogens with zero attached hydrogens (tertiary/aromatic N) is 3. The number of hydrogen-bond donors (Lipinski definition) is 0. The standard InChI is InChI=1S/C21H24ClN3OS2/c1-14-10-11-16(22)19-18(14)23-21(28-19)25(13-7-12-24(2)3)20(26)15-8-5-6-9-17(15)27-4/h5-6,8-11H,7,12-13H2,1-4H3. The second-order valence-corrected chi connectivity index (χ2v) is 9.09. The van der Waals surface area contributed by atoms with Crippen LogP contribution in [-0.2, 0) is 0 Å². The second kappa shape index (κ2) is 9.27. The van der Waals surface area contributed by atoms with Gasteiger partial charge in [-0.15, -0.1) is 11.8 Å². The van der Waals surface area contributed by atoms with Crippen LogP contribution >= 0.6 is 34.7 Å². The predicted octanol–water partition coefficient (Wildman–Crippen LogP) is 5.58. The maximum absolute atomic E-state index is 13.5. The Morgan fingerprint density at radius 3 is 2.61 bits per heavy atom. The Balaban J connectivity index is 2.03. The first kappa shape index (κ1) is 21.1. The van der Waals surface area contributed by atoms with Crippen molar-refractivity contribution in [2.75, 3.05) is 38.3 Å². The van der Waals surface area contributed by atoms with E-state index in [9.17, 15) is 4.79 Å². The summed E-state index contributed by atoms with van der Waals surface area (Å²) in [6.07, 6.45) is 2.85. The first-order valence-corrected chi connectivity index (χ1v) is 11.5. The van der Waals surface area contributed by atoms with E-state index in [-0.39, 0.29) is 5.91 Å². The first-order valence-electron chi connectivity index (χ1n) is 9.07. The molecular weight excluding hydrogens is 410 g/mol. The number of thiazole rings is 1. The number of hydrogen-bond acceptors (Lipinski definition) is 5. The highest BCUT2D eigenvalue weighted by Crippen LogP contribution is 2.36. The van der Waals surface area contributed by atoms with Crippen LogP contribution in [-0.4, -0.2) is 49.2 Å². The molecule has 0 saturated carbocycles. The van der Waals surface area contributed by atoms with Crippen LogP contribution in [0.25, 0.3) is 10.2 Å². The third kappa shape index (κ3) is 4.51. The van der Waals surface area contributed by atoms with Crippen LogP contribution in [0.3, 0.4) is 0 Å². The smallest absolute Gasteiger partial charge is 0.261 e. The maximum atomic E-state index is 13.5. The third-order valence-electron chi connectivity index (χ3n) is 4.49. The Bertz CT molecular complexity index is 948. The highest BCUT2D eigenvalue weighted by atomic mass is 35.5. The van der Waals surface area contributed by atoms with Gasteiger partial charge in [0.25, 0.3) is 5.91 Å². The maximum Gasteiger partial charge on any atom is 0.261 e. The number of halogens is 1. The molecule has 0 aliphatic heterocycles. The summed E-state index contributed by atoms with van der Waals surface area (Å²) < 4.78 is 0.931. The van der Waals surface area contributed by atoms with E-state index in [0.717, 1.165) is 33.6 Å². The molecule has 0 aliphatic rings. The van der Waals surface area contributed by atoms with E-state index < -0.39 is 0 Å². The lowest BCUT2D eigenvalue weighted by atomic mass is 10.2. The van der Waals surface area contributed by atoms with Crippen molar-refractivity contribution < 1.29 is 4.79 Å². The third-order valence-corrected chi connectivity index (χ3v) is 6.82. The zero-order chi connectivity index (χ0) is 20.3. The van der Waals surface area contributed by atoms with Gasteiger partial charge in [0.15, 0.2) is 5.13 Å². The van der Waals surface area contributed by atoms with E-state index >= 15 is 0 Å². The largest absolute Gasteiger partial charge is 0.309 e. The van der Waals surface area contributed by atoms with Crippen LogP contribution in [0, 0.1) is 6.92 Å². The number of carbonyl (C=O) groups excluding carboxylic acids is 1. The number of amides is 1. The van der Waals surface area contributed by atoms with Crippen LogP contribution < -0.4 is 4.90 Å². The zero-order valence-corrected chi connectivity index (χ0v) is 18.9. The molecule has 0 unspecified atom stereocenters. The number of carbonyl (C=O) groups is 1. The van der Waals surface area contributed by atoms with Gasteiger partial charge in [-0.3, -0.25) is 9.69 Å². The molecule has 3 aromatic rings. The predicted molar refractivity (Wildman–Crippen MR) is 122 cm³/mol. The number of anilines is 1. The van der Waals surface area contributed by atoms with Crippen molar-refractivity contribution in [2.45, 2.75) is 18.2 Å². The summed E-state index contributed by atoms with van der Waals surface area (Å²) in [5, 5.41) is 1.38. The quantitative estimate of drug-likeness (QED) is 0.456. The highest BCUT2D eigenvalue weighted by molar-refractivity contribution is 7.98. The van der Waals surface area contributed by atoms with Gasteiger partial charge in [0, 0.05) is 11.4 Å². The van der Waals surface area contributed by atoms with Gasteiger partial charge in [-0.25, -0.2) is 4.98 Å². The number of rotatable bonds is 7. The molecule has 0 bridgehead atoms. The Hall–Kier alpha value is -1.60. The molecule has 0 N–H and O–H groups in total. The molecule has 1 heterocycles. The lowest BCUT2D eigenvalue weighted by Gasteiger charge is -2.22. The molecule has 4 nitrogen and oxygen atoms in total. The van der Waals surface area contributed by atoms with Gasteiger partial charge < -0.3 is 4.90 Å². The molecule has 2 aromatic carbocycles. The molecule has 0 atom stereocenters. The normalized spacial score (nSPS) is 11.4. The fraction of sp³-hybridized carbons (Fsp3) is 0.333. The van der Waals surface area contributed by atoms with Gasteiger partial charge >= 0.3 is 0 Å². The van der Waals surface area contributed by atoms with Crippen LogP contribution in [0.15, 0.2) is 41.3 Å². The van der Waals surface area contributed by atoms with Crippen molar-refractivity contribution in [2.24, 2.45) is 0 Å². The van der Waals surface area contributed by atoms with E-state index in [0.29, 0.717) is 22.3 Å². The number of fused-ring (bicyclic) bond motifs is 1. The molecule has 3 rings (SSSR count). The van der Waals surface area contributed by atoms with Crippen molar-refractivity contribution in [1.29, 1.82) is 0 Å². The number of thioether (sulfide) groups is 1. The average molecular weight is 434 g/mol. The molecule has 148 valence electrons. The summed E-state index contributed by atoms with van der Waals surface area (Å²) in [7, 11) is 4.08. The molecule has 1 aromatic heterocycles. The second-order valence-electron chi connectivity index (χ2n) is 6.85. The Kier molecular flexibility index (Phi) is 6.99. The summed E-state index contributed by atoms with van der Waals surface area (Å²) in [6, 6.07) is 11.6. The molecule has 28 heavy (non-hydrogen) atoms. The zero-order valence-electron chi connectivity index (χ0n) is 16.5. The molecule has 7 heteroatoms. The van der Waals surface area contributed by atoms with Gasteiger partial charge in [-0.2, -0.15) is 0 Å². The topological polar surface area (TPSA) is 36.4 Å². The van der Waals surface area contributed by atoms with Crippen LogP contribution in [0.2, 0.25) is 5.02 Å². The van der Waals surface area contributed by atoms with E-state index in [4.69, 9.17) is 16.6 Å². The Labute approximate surface area is 179 Å². The van der Waals surface area contributed by atoms with Crippen LogP contribution in [0.1, 0.15) is 22.3 Å². The summed E-state index contributed by atoms with van der Waals surface area (Å²) in [6.45, 7) is 3.53. The summed E-state index contributed by atoms with van der Waals surface area (Å²) >= 11 is 9.46. The van der Waals surface area contributed by atoms with Gasteiger partial charge in [0.2, 0.25) is 0 Å². The van der Waals surface area contributed by atoms with E-state index in [1.54, 1.807) is 16.7 Å². The number of aromatic nitrogens is 1. The molecule has 0 radical (unpaired) electrons. The molecule has 0 saturated heterocycles. The lowest BCUT2D eigenvalue weighted by Crippen LogP contribution is -2.33. The molecule has 0 spiro atoms. The monoisotopic (exact) mass is 433 g/mol. The van der Waals surface area contributed by atoms with Crippen molar-refractivity contribution in [1.82, 2.24) is 9.88 Å². The Morgan fingerprint density at radius 1 is 1.18 bits per heavy atom.